The van der Waals surface area contributed by atoms with Gasteiger partial charge in [-0.2, -0.15) is 0 Å². The van der Waals surface area contributed by atoms with E-state index >= 15 is 0 Å². The van der Waals surface area contributed by atoms with Crippen LogP contribution in [0.2, 0.25) is 0 Å². The summed E-state index contributed by atoms with van der Waals surface area (Å²) in [5.74, 6) is 0.611. The molecule has 0 saturated heterocycles. The summed E-state index contributed by atoms with van der Waals surface area (Å²) in [5.41, 5.74) is 5.97. The third-order valence-electron chi connectivity index (χ3n) is 3.44. The van der Waals surface area contributed by atoms with Gasteiger partial charge in [-0.05, 0) is 30.6 Å². The lowest BCUT2D eigenvalue weighted by Gasteiger charge is -2.30. The first-order chi connectivity index (χ1) is 4.63. The second kappa shape index (κ2) is 1.74. The summed E-state index contributed by atoms with van der Waals surface area (Å²) in [6.45, 7) is 2.16. The summed E-state index contributed by atoms with van der Waals surface area (Å²) in [5, 5.41) is 9.62. The van der Waals surface area contributed by atoms with Crippen LogP contribution in [-0.4, -0.2) is 17.3 Å². The van der Waals surface area contributed by atoms with Crippen molar-refractivity contribution in [3.63, 3.8) is 0 Å². The van der Waals surface area contributed by atoms with Crippen LogP contribution in [0.1, 0.15) is 26.2 Å². The second-order valence-electron chi connectivity index (χ2n) is 4.18. The molecular weight excluding hydrogens is 126 g/mol. The monoisotopic (exact) mass is 141 g/mol. The summed E-state index contributed by atoms with van der Waals surface area (Å²) >= 11 is 0. The van der Waals surface area contributed by atoms with Gasteiger partial charge in [0, 0.05) is 6.04 Å². The molecule has 0 radical (unpaired) electrons. The van der Waals surface area contributed by atoms with E-state index in [9.17, 15) is 5.11 Å². The molecule has 0 heterocycles. The maximum absolute atomic E-state index is 9.62. The summed E-state index contributed by atoms with van der Waals surface area (Å²) < 4.78 is 0. The molecule has 2 nitrogen and oxygen atoms in total. The predicted octanol–water partition coefficient (Wildman–Crippen LogP) is 0.495. The lowest BCUT2D eigenvalue weighted by molar-refractivity contribution is 0.0389. The molecule has 2 fully saturated rings. The van der Waals surface area contributed by atoms with Gasteiger partial charge in [-0.1, -0.05) is 6.92 Å². The van der Waals surface area contributed by atoms with Crippen molar-refractivity contribution in [1.82, 2.24) is 0 Å². The van der Waals surface area contributed by atoms with Crippen molar-refractivity contribution in [2.75, 3.05) is 0 Å². The van der Waals surface area contributed by atoms with Crippen molar-refractivity contribution >= 4 is 0 Å². The number of hydrogen-bond donors (Lipinski definition) is 2. The normalized spacial score (nSPS) is 59.7. The second-order valence-corrected chi connectivity index (χ2v) is 4.18. The van der Waals surface area contributed by atoms with Gasteiger partial charge in [0.05, 0.1) is 6.10 Å². The number of aliphatic hydroxyl groups excluding tert-OH is 1. The number of nitrogens with two attached hydrogens (primary N) is 1. The van der Waals surface area contributed by atoms with E-state index in [0.29, 0.717) is 5.92 Å². The Bertz CT molecular complexity index is 159. The zero-order valence-corrected chi connectivity index (χ0v) is 6.38. The predicted molar refractivity (Wildman–Crippen MR) is 39.4 cm³/mol. The van der Waals surface area contributed by atoms with Gasteiger partial charge in [-0.3, -0.25) is 0 Å². The van der Waals surface area contributed by atoms with Crippen LogP contribution in [0.25, 0.3) is 0 Å². The van der Waals surface area contributed by atoms with Crippen molar-refractivity contribution in [2.24, 2.45) is 17.1 Å². The van der Waals surface area contributed by atoms with Crippen LogP contribution in [0, 0.1) is 11.3 Å². The largest absolute Gasteiger partial charge is 0.391 e. The Balaban J connectivity index is 2.25. The van der Waals surface area contributed by atoms with Gasteiger partial charge in [0.25, 0.3) is 0 Å². The first-order valence-corrected chi connectivity index (χ1v) is 4.07. The highest BCUT2D eigenvalue weighted by Crippen LogP contribution is 2.52. The first-order valence-electron chi connectivity index (χ1n) is 4.07. The Morgan fingerprint density at radius 2 is 2.30 bits per heavy atom. The lowest BCUT2D eigenvalue weighted by atomic mass is 9.82. The fourth-order valence-corrected chi connectivity index (χ4v) is 2.64. The molecule has 0 amide bonds. The summed E-state index contributed by atoms with van der Waals surface area (Å²) in [7, 11) is 0. The van der Waals surface area contributed by atoms with Crippen LogP contribution < -0.4 is 5.73 Å². The van der Waals surface area contributed by atoms with E-state index in [1.165, 1.54) is 12.8 Å². The Hall–Kier alpha value is -0.0800. The molecule has 2 bridgehead atoms. The fraction of sp³-hybridized carbons (Fsp3) is 1.00. The number of rotatable bonds is 0. The average molecular weight is 141 g/mol. The van der Waals surface area contributed by atoms with Crippen molar-refractivity contribution in [1.29, 1.82) is 0 Å². The number of aliphatic hydroxyl groups is 1. The Morgan fingerprint density at radius 1 is 1.60 bits per heavy atom. The molecule has 0 aliphatic heterocycles. The topological polar surface area (TPSA) is 46.2 Å². The SMILES string of the molecule is C[C@@]12CC[C@@H](C1)[C@@H](N)[C@H]2O. The molecule has 2 aliphatic carbocycles. The maximum atomic E-state index is 9.62. The first kappa shape index (κ1) is 6.62. The van der Waals surface area contributed by atoms with Crippen molar-refractivity contribution < 1.29 is 5.11 Å². The minimum absolute atomic E-state index is 0.0683. The van der Waals surface area contributed by atoms with Crippen molar-refractivity contribution in [3.8, 4) is 0 Å². The van der Waals surface area contributed by atoms with Crippen LogP contribution in [0.15, 0.2) is 0 Å². The molecule has 2 saturated carbocycles. The molecule has 0 unspecified atom stereocenters. The molecule has 3 N–H and O–H groups in total. The number of hydrogen-bond acceptors (Lipinski definition) is 2. The summed E-state index contributed by atoms with van der Waals surface area (Å²) in [6, 6.07) is 0.0683. The highest BCUT2D eigenvalue weighted by Gasteiger charge is 2.52. The number of fused-ring (bicyclic) bond motifs is 2. The van der Waals surface area contributed by atoms with E-state index < -0.39 is 0 Å². The molecule has 0 spiro atoms. The van der Waals surface area contributed by atoms with Crippen LogP contribution >= 0.6 is 0 Å². The maximum Gasteiger partial charge on any atom is 0.0747 e. The van der Waals surface area contributed by atoms with Gasteiger partial charge in [0.15, 0.2) is 0 Å². The van der Waals surface area contributed by atoms with Crippen LogP contribution in [0.5, 0.6) is 0 Å². The van der Waals surface area contributed by atoms with Gasteiger partial charge in [0.2, 0.25) is 0 Å². The van der Waals surface area contributed by atoms with Crippen molar-refractivity contribution in [2.45, 2.75) is 38.3 Å². The van der Waals surface area contributed by atoms with Crippen molar-refractivity contribution in [3.05, 3.63) is 0 Å². The highest BCUT2D eigenvalue weighted by atomic mass is 16.3. The third-order valence-corrected chi connectivity index (χ3v) is 3.44. The Kier molecular flexibility index (Phi) is 1.15. The highest BCUT2D eigenvalue weighted by molar-refractivity contribution is 5.06. The van der Waals surface area contributed by atoms with E-state index in [-0.39, 0.29) is 17.6 Å². The van der Waals surface area contributed by atoms with Crippen LogP contribution in [0.4, 0.5) is 0 Å². The van der Waals surface area contributed by atoms with E-state index in [1.807, 2.05) is 0 Å². The molecule has 2 aliphatic rings. The lowest BCUT2D eigenvalue weighted by Crippen LogP contribution is -2.43. The molecule has 0 aromatic rings. The molecular formula is C8H15NO. The van der Waals surface area contributed by atoms with Gasteiger partial charge in [-0.15, -0.1) is 0 Å². The standard InChI is InChI=1S/C8H15NO/c1-8-3-2-5(4-8)6(9)7(8)10/h5-7,10H,2-4,9H2,1H3/t5-,6+,7+,8+/m0/s1. The summed E-state index contributed by atoms with van der Waals surface area (Å²) in [6.07, 6.45) is 3.32. The Labute approximate surface area is 61.4 Å². The third kappa shape index (κ3) is 0.611. The minimum Gasteiger partial charge on any atom is -0.391 e. The van der Waals surface area contributed by atoms with Gasteiger partial charge in [-0.25, -0.2) is 0 Å². The molecule has 0 aromatic heterocycles. The molecule has 10 heavy (non-hydrogen) atoms. The fourth-order valence-electron chi connectivity index (χ4n) is 2.64. The minimum atomic E-state index is -0.230. The molecule has 2 heteroatoms. The van der Waals surface area contributed by atoms with Gasteiger partial charge < -0.3 is 10.8 Å². The average Bonchev–Trinajstić information content (AvgIpc) is 2.35. The van der Waals surface area contributed by atoms with E-state index in [4.69, 9.17) is 5.73 Å². The Morgan fingerprint density at radius 3 is 2.60 bits per heavy atom. The van der Waals surface area contributed by atoms with Gasteiger partial charge in [0.1, 0.15) is 0 Å². The van der Waals surface area contributed by atoms with Crippen LogP contribution in [0.3, 0.4) is 0 Å². The van der Waals surface area contributed by atoms with E-state index in [2.05, 4.69) is 6.92 Å². The van der Waals surface area contributed by atoms with E-state index in [1.54, 1.807) is 0 Å². The van der Waals surface area contributed by atoms with Crippen LogP contribution in [-0.2, 0) is 0 Å². The zero-order chi connectivity index (χ0) is 7.35. The molecule has 58 valence electrons. The molecule has 0 aromatic carbocycles. The molecule has 4 atom stereocenters. The smallest absolute Gasteiger partial charge is 0.0747 e. The van der Waals surface area contributed by atoms with E-state index in [0.717, 1.165) is 6.42 Å². The zero-order valence-electron chi connectivity index (χ0n) is 6.38. The van der Waals surface area contributed by atoms with Gasteiger partial charge >= 0.3 is 0 Å². The quantitative estimate of drug-likeness (QED) is 0.516. The molecule has 2 rings (SSSR count). The summed E-state index contributed by atoms with van der Waals surface area (Å²) in [4.78, 5) is 0.